The molecular formula is C15H24N2. The molecule has 0 heterocycles. The fourth-order valence-corrected chi connectivity index (χ4v) is 2.50. The van der Waals surface area contributed by atoms with Gasteiger partial charge in [-0.3, -0.25) is 0 Å². The third-order valence-electron chi connectivity index (χ3n) is 4.15. The maximum Gasteiger partial charge on any atom is 0.0574 e. The monoisotopic (exact) mass is 232 g/mol. The molecule has 2 heteroatoms. The molecule has 1 saturated carbocycles. The van der Waals surface area contributed by atoms with Crippen molar-refractivity contribution in [1.82, 2.24) is 0 Å². The van der Waals surface area contributed by atoms with Gasteiger partial charge in [-0.2, -0.15) is 0 Å². The molecule has 1 aliphatic carbocycles. The zero-order chi connectivity index (χ0) is 12.5. The van der Waals surface area contributed by atoms with Crippen LogP contribution in [0.1, 0.15) is 38.7 Å². The van der Waals surface area contributed by atoms with Gasteiger partial charge in [0.2, 0.25) is 0 Å². The second kappa shape index (κ2) is 4.59. The van der Waals surface area contributed by atoms with Crippen LogP contribution < -0.4 is 11.1 Å². The van der Waals surface area contributed by atoms with E-state index >= 15 is 0 Å². The Morgan fingerprint density at radius 2 is 2.06 bits per heavy atom. The van der Waals surface area contributed by atoms with E-state index in [4.69, 9.17) is 5.73 Å². The summed E-state index contributed by atoms with van der Waals surface area (Å²) >= 11 is 0. The highest BCUT2D eigenvalue weighted by Gasteiger charge is 2.33. The predicted molar refractivity (Wildman–Crippen MR) is 75.2 cm³/mol. The number of benzene rings is 1. The molecule has 0 saturated heterocycles. The molecule has 0 aromatic heterocycles. The summed E-state index contributed by atoms with van der Waals surface area (Å²) in [5, 5.41) is 3.50. The van der Waals surface area contributed by atoms with Crippen LogP contribution >= 0.6 is 0 Å². The Balaban J connectivity index is 1.97. The fraction of sp³-hybridized carbons (Fsp3) is 0.600. The van der Waals surface area contributed by atoms with Gasteiger partial charge in [0.15, 0.2) is 0 Å². The summed E-state index contributed by atoms with van der Waals surface area (Å²) in [5.41, 5.74) is 9.52. The summed E-state index contributed by atoms with van der Waals surface area (Å²) in [4.78, 5) is 0. The normalized spacial score (nSPS) is 16.6. The zero-order valence-electron chi connectivity index (χ0n) is 11.2. The molecule has 2 nitrogen and oxygen atoms in total. The van der Waals surface area contributed by atoms with Crippen LogP contribution in [-0.4, -0.2) is 6.54 Å². The van der Waals surface area contributed by atoms with Crippen LogP contribution in [0.25, 0.3) is 0 Å². The second-order valence-electron chi connectivity index (χ2n) is 6.06. The summed E-state index contributed by atoms with van der Waals surface area (Å²) < 4.78 is 0. The van der Waals surface area contributed by atoms with Crippen molar-refractivity contribution in [1.29, 1.82) is 0 Å². The fourth-order valence-electron chi connectivity index (χ4n) is 2.50. The van der Waals surface area contributed by atoms with Crippen LogP contribution in [0.2, 0.25) is 0 Å². The van der Waals surface area contributed by atoms with E-state index in [-0.39, 0.29) is 0 Å². The molecule has 1 aromatic carbocycles. The highest BCUT2D eigenvalue weighted by Crippen LogP contribution is 2.41. The number of nitrogens with two attached hydrogens (primary N) is 1. The van der Waals surface area contributed by atoms with E-state index in [0.717, 1.165) is 23.8 Å². The number of aryl methyl sites for hydroxylation is 1. The maximum absolute atomic E-state index is 6.01. The average Bonchev–Trinajstić information content (AvgIpc) is 2.12. The van der Waals surface area contributed by atoms with Gasteiger partial charge in [-0.15, -0.1) is 0 Å². The summed E-state index contributed by atoms with van der Waals surface area (Å²) in [6.45, 7) is 7.78. The van der Waals surface area contributed by atoms with Crippen LogP contribution in [0.5, 0.6) is 0 Å². The third kappa shape index (κ3) is 2.74. The van der Waals surface area contributed by atoms with Crippen molar-refractivity contribution >= 4 is 11.4 Å². The van der Waals surface area contributed by atoms with Gasteiger partial charge in [-0.25, -0.2) is 0 Å². The van der Waals surface area contributed by atoms with E-state index in [1.54, 1.807) is 0 Å². The highest BCUT2D eigenvalue weighted by molar-refractivity contribution is 5.66. The number of hydrogen-bond donors (Lipinski definition) is 2. The van der Waals surface area contributed by atoms with E-state index in [9.17, 15) is 0 Å². The molecule has 1 fully saturated rings. The summed E-state index contributed by atoms with van der Waals surface area (Å²) in [6, 6.07) is 6.22. The van der Waals surface area contributed by atoms with Gasteiger partial charge in [-0.1, -0.05) is 26.3 Å². The van der Waals surface area contributed by atoms with Crippen molar-refractivity contribution in [2.24, 2.45) is 11.3 Å². The van der Waals surface area contributed by atoms with Gasteiger partial charge in [-0.05, 0) is 48.8 Å². The van der Waals surface area contributed by atoms with Gasteiger partial charge in [0.25, 0.3) is 0 Å². The first-order valence-electron chi connectivity index (χ1n) is 6.59. The Hall–Kier alpha value is -1.18. The predicted octanol–water partition coefficient (Wildman–Crippen LogP) is 3.82. The minimum Gasteiger partial charge on any atom is -0.397 e. The van der Waals surface area contributed by atoms with Crippen LogP contribution in [-0.2, 0) is 0 Å². The minimum atomic E-state index is 0.371. The van der Waals surface area contributed by atoms with Crippen molar-refractivity contribution < 1.29 is 0 Å². The molecule has 94 valence electrons. The smallest absolute Gasteiger partial charge is 0.0574 e. The van der Waals surface area contributed by atoms with E-state index in [1.165, 1.54) is 24.8 Å². The molecule has 0 amide bonds. The lowest BCUT2D eigenvalue weighted by Gasteiger charge is -2.40. The zero-order valence-corrected chi connectivity index (χ0v) is 11.2. The van der Waals surface area contributed by atoms with E-state index in [0.29, 0.717) is 5.41 Å². The molecule has 1 aromatic rings. The van der Waals surface area contributed by atoms with Gasteiger partial charge in [0, 0.05) is 6.54 Å². The van der Waals surface area contributed by atoms with E-state index in [2.05, 4.69) is 38.2 Å². The van der Waals surface area contributed by atoms with Crippen LogP contribution in [0.15, 0.2) is 18.2 Å². The number of hydrogen-bond acceptors (Lipinski definition) is 2. The molecule has 0 atom stereocenters. The van der Waals surface area contributed by atoms with Gasteiger partial charge >= 0.3 is 0 Å². The lowest BCUT2D eigenvalue weighted by atomic mass is 9.67. The van der Waals surface area contributed by atoms with Crippen molar-refractivity contribution in [3.63, 3.8) is 0 Å². The lowest BCUT2D eigenvalue weighted by Crippen LogP contribution is -2.35. The number of rotatable bonds is 4. The first-order valence-corrected chi connectivity index (χ1v) is 6.59. The Morgan fingerprint density at radius 3 is 2.59 bits per heavy atom. The number of nitrogens with one attached hydrogen (secondary N) is 1. The Morgan fingerprint density at radius 1 is 1.35 bits per heavy atom. The number of anilines is 2. The molecule has 17 heavy (non-hydrogen) atoms. The Labute approximate surface area is 105 Å². The molecule has 3 N–H and O–H groups in total. The van der Waals surface area contributed by atoms with Crippen molar-refractivity contribution in [3.05, 3.63) is 23.8 Å². The molecule has 0 unspecified atom stereocenters. The molecule has 0 spiro atoms. The molecule has 1 aliphatic rings. The standard InChI is InChI=1S/C15H24N2/c1-11-7-8-14(13(16)9-11)17-10-15(2,3)12-5-4-6-12/h7-9,12,17H,4-6,10,16H2,1-3H3. The van der Waals surface area contributed by atoms with Gasteiger partial charge < -0.3 is 11.1 Å². The van der Waals surface area contributed by atoms with Gasteiger partial charge in [0.05, 0.1) is 11.4 Å². The first-order chi connectivity index (χ1) is 7.99. The van der Waals surface area contributed by atoms with Gasteiger partial charge in [0.1, 0.15) is 0 Å². The Kier molecular flexibility index (Phi) is 3.32. The SMILES string of the molecule is Cc1ccc(NCC(C)(C)C2CCC2)c(N)c1. The quantitative estimate of drug-likeness (QED) is 0.775. The van der Waals surface area contributed by atoms with E-state index in [1.807, 2.05) is 6.07 Å². The summed E-state index contributed by atoms with van der Waals surface area (Å²) in [6.07, 6.45) is 4.18. The van der Waals surface area contributed by atoms with E-state index < -0.39 is 0 Å². The second-order valence-corrected chi connectivity index (χ2v) is 6.06. The lowest BCUT2D eigenvalue weighted by molar-refractivity contribution is 0.134. The maximum atomic E-state index is 6.01. The molecule has 0 bridgehead atoms. The first kappa shape index (κ1) is 12.3. The average molecular weight is 232 g/mol. The molecular weight excluding hydrogens is 208 g/mol. The molecule has 0 aliphatic heterocycles. The highest BCUT2D eigenvalue weighted by atomic mass is 14.9. The molecule has 0 radical (unpaired) electrons. The van der Waals surface area contributed by atoms with Crippen molar-refractivity contribution in [3.8, 4) is 0 Å². The third-order valence-corrected chi connectivity index (χ3v) is 4.15. The van der Waals surface area contributed by atoms with Crippen LogP contribution in [0.4, 0.5) is 11.4 Å². The number of nitrogen functional groups attached to an aromatic ring is 1. The minimum absolute atomic E-state index is 0.371. The Bertz CT molecular complexity index is 392. The van der Waals surface area contributed by atoms with Crippen LogP contribution in [0, 0.1) is 18.3 Å². The topological polar surface area (TPSA) is 38.0 Å². The van der Waals surface area contributed by atoms with Crippen LogP contribution in [0.3, 0.4) is 0 Å². The molecule has 2 rings (SSSR count). The van der Waals surface area contributed by atoms with Crippen molar-refractivity contribution in [2.45, 2.75) is 40.0 Å². The summed E-state index contributed by atoms with van der Waals surface area (Å²) in [7, 11) is 0. The largest absolute Gasteiger partial charge is 0.397 e. The summed E-state index contributed by atoms with van der Waals surface area (Å²) in [5.74, 6) is 0.877. The van der Waals surface area contributed by atoms with Crippen molar-refractivity contribution in [2.75, 3.05) is 17.6 Å².